The lowest BCUT2D eigenvalue weighted by Gasteiger charge is -2.37. The first-order chi connectivity index (χ1) is 27.8. The van der Waals surface area contributed by atoms with E-state index in [0.29, 0.717) is 50.0 Å². The molecule has 2 aromatic rings. The van der Waals surface area contributed by atoms with Crippen molar-refractivity contribution in [2.75, 3.05) is 13.7 Å². The van der Waals surface area contributed by atoms with Crippen molar-refractivity contribution < 1.29 is 37.1 Å². The standard InChI is InChI=1S/C43H56N6O8S/c1-41(20-21-41)58(54,55)48-39(52)43-23-27(43)10-6-4-3-5-7-13-33(46-40(53)44-28-11-8-9-12-28)38(51)49-25-42(24-34(49)37(50)47-43)19-18-30-31-22-29(56-2)16-17-32(31)45-35(26-14-15-26)36(30)57-42/h6,10,16-17,22,26-28,33-34H,3-5,7-9,11-15,18-21,23-25H2,1-2H3,(H,47,50)(H,48,52)(H2,44,46,53)/b10-6-/t27-,33+,34+,42-,43-/m1/s1. The van der Waals surface area contributed by atoms with Gasteiger partial charge in [0.2, 0.25) is 21.8 Å². The monoisotopic (exact) mass is 816 g/mol. The molecule has 5 atom stereocenters. The number of methoxy groups -OCH3 is 1. The van der Waals surface area contributed by atoms with E-state index >= 15 is 0 Å². The maximum Gasteiger partial charge on any atom is 0.315 e. The highest BCUT2D eigenvalue weighted by Crippen LogP contribution is 2.52. The zero-order chi connectivity index (χ0) is 40.5. The van der Waals surface area contributed by atoms with Gasteiger partial charge in [-0.1, -0.05) is 37.8 Å². The van der Waals surface area contributed by atoms with Crippen LogP contribution in [0.1, 0.15) is 127 Å². The molecule has 5 fully saturated rings. The molecule has 4 saturated carbocycles. The van der Waals surface area contributed by atoms with Crippen LogP contribution in [-0.4, -0.2) is 89.7 Å². The van der Waals surface area contributed by atoms with Gasteiger partial charge in [-0.15, -0.1) is 0 Å². The van der Waals surface area contributed by atoms with Gasteiger partial charge in [0.05, 0.1) is 29.6 Å². The Labute approximate surface area is 340 Å². The Bertz CT molecular complexity index is 2160. The van der Waals surface area contributed by atoms with Crippen LogP contribution in [0.2, 0.25) is 0 Å². The summed E-state index contributed by atoms with van der Waals surface area (Å²) in [4.78, 5) is 63.9. The van der Waals surface area contributed by atoms with Crippen molar-refractivity contribution in [3.63, 3.8) is 0 Å². The fraction of sp³-hybridized carbons (Fsp3) is 0.651. The van der Waals surface area contributed by atoms with Crippen LogP contribution < -0.4 is 30.1 Å². The minimum atomic E-state index is -3.98. The minimum absolute atomic E-state index is 0.0545. The first-order valence-electron chi connectivity index (χ1n) is 21.5. The molecule has 7 aliphatic rings. The average Bonchev–Trinajstić information content (AvgIpc) is 4.17. The third kappa shape index (κ3) is 7.29. The molecule has 4 heterocycles. The van der Waals surface area contributed by atoms with Crippen LogP contribution in [0.5, 0.6) is 11.5 Å². The first kappa shape index (κ1) is 39.1. The number of aryl methyl sites for hydroxylation is 1. The second-order valence-corrected chi connectivity index (χ2v) is 20.5. The molecule has 5 amide bonds. The largest absolute Gasteiger partial charge is 0.497 e. The molecule has 9 rings (SSSR count). The first-order valence-corrected chi connectivity index (χ1v) is 22.9. The zero-order valence-corrected chi connectivity index (χ0v) is 34.4. The van der Waals surface area contributed by atoms with Crippen LogP contribution in [0.4, 0.5) is 4.79 Å². The topological polar surface area (TPSA) is 185 Å². The van der Waals surface area contributed by atoms with Crippen LogP contribution >= 0.6 is 0 Å². The molecule has 4 N–H and O–H groups in total. The summed E-state index contributed by atoms with van der Waals surface area (Å²) in [5, 5.41) is 10.0. The van der Waals surface area contributed by atoms with Crippen LogP contribution in [0.25, 0.3) is 10.9 Å². The number of rotatable bonds is 7. The maximum atomic E-state index is 14.9. The van der Waals surface area contributed by atoms with Gasteiger partial charge in [0, 0.05) is 35.2 Å². The molecule has 4 aliphatic carbocycles. The molecule has 0 bridgehead atoms. The SMILES string of the molecule is COc1ccc2nc(C3CC3)c3c(c2c1)CC[C@]1(C[C@H]2C(=O)N[C@]4(C(=O)NS(=O)(=O)C5(C)CC5)C[C@H]4/C=C\CCCCC[C@H](NC(=O)NC4CCCC4)C(=O)N2C1)O3. The lowest BCUT2D eigenvalue weighted by atomic mass is 9.86. The fourth-order valence-corrected chi connectivity index (χ4v) is 11.1. The summed E-state index contributed by atoms with van der Waals surface area (Å²) in [6.07, 6.45) is 15.7. The number of urea groups is 1. The van der Waals surface area contributed by atoms with Crippen molar-refractivity contribution in [1.29, 1.82) is 0 Å². The van der Waals surface area contributed by atoms with Gasteiger partial charge in [0.1, 0.15) is 34.7 Å². The van der Waals surface area contributed by atoms with E-state index in [2.05, 4.69) is 20.7 Å². The van der Waals surface area contributed by atoms with Crippen molar-refractivity contribution in [1.82, 2.24) is 30.6 Å². The number of nitrogens with one attached hydrogen (secondary N) is 4. The summed E-state index contributed by atoms with van der Waals surface area (Å²) in [6.45, 7) is 1.71. The van der Waals surface area contributed by atoms with Gasteiger partial charge in [0.15, 0.2) is 0 Å². The summed E-state index contributed by atoms with van der Waals surface area (Å²) in [5.74, 6) is -0.414. The summed E-state index contributed by atoms with van der Waals surface area (Å²) in [7, 11) is -2.35. The fourth-order valence-electron chi connectivity index (χ4n) is 9.75. The number of carbonyl (C=O) groups is 4. The van der Waals surface area contributed by atoms with Gasteiger partial charge in [-0.2, -0.15) is 0 Å². The number of fused-ring (bicyclic) bond motifs is 5. The Morgan fingerprint density at radius 2 is 1.76 bits per heavy atom. The Kier molecular flexibility index (Phi) is 9.91. The number of carbonyl (C=O) groups excluding carboxylic acids is 4. The Morgan fingerprint density at radius 1 is 0.983 bits per heavy atom. The summed E-state index contributed by atoms with van der Waals surface area (Å²) < 4.78 is 40.6. The quantitative estimate of drug-likeness (QED) is 0.286. The van der Waals surface area contributed by atoms with Gasteiger partial charge in [-0.3, -0.25) is 19.1 Å². The molecule has 0 radical (unpaired) electrons. The Balaban J connectivity index is 1.06. The molecule has 15 heteroatoms. The molecular weight excluding hydrogens is 761 g/mol. The van der Waals surface area contributed by atoms with E-state index in [1.54, 1.807) is 18.9 Å². The second-order valence-electron chi connectivity index (χ2n) is 18.3. The lowest BCUT2D eigenvalue weighted by Crippen LogP contribution is -2.59. The number of sulfonamides is 1. The van der Waals surface area contributed by atoms with Crippen LogP contribution in [0.15, 0.2) is 30.4 Å². The summed E-state index contributed by atoms with van der Waals surface area (Å²) >= 11 is 0. The van der Waals surface area contributed by atoms with Gasteiger partial charge < -0.3 is 30.3 Å². The van der Waals surface area contributed by atoms with E-state index < -0.39 is 61.8 Å². The molecule has 1 spiro atoms. The van der Waals surface area contributed by atoms with E-state index in [1.165, 1.54) is 0 Å². The van der Waals surface area contributed by atoms with E-state index in [0.717, 1.165) is 79.9 Å². The highest BCUT2D eigenvalue weighted by molar-refractivity contribution is 7.91. The highest BCUT2D eigenvalue weighted by Gasteiger charge is 2.64. The van der Waals surface area contributed by atoms with E-state index in [9.17, 15) is 27.6 Å². The molecule has 58 heavy (non-hydrogen) atoms. The highest BCUT2D eigenvalue weighted by atomic mass is 32.2. The number of hydrogen-bond acceptors (Lipinski definition) is 9. The number of ether oxygens (including phenoxy) is 2. The van der Waals surface area contributed by atoms with Crippen LogP contribution in [-0.2, 0) is 30.8 Å². The molecule has 1 aromatic carbocycles. The smallest absolute Gasteiger partial charge is 0.315 e. The van der Waals surface area contributed by atoms with E-state index in [1.807, 2.05) is 30.4 Å². The van der Waals surface area contributed by atoms with E-state index in [4.69, 9.17) is 14.5 Å². The lowest BCUT2D eigenvalue weighted by molar-refractivity contribution is -0.141. The van der Waals surface area contributed by atoms with Gasteiger partial charge in [-0.25, -0.2) is 18.2 Å². The summed E-state index contributed by atoms with van der Waals surface area (Å²) in [6, 6.07) is 3.58. The van der Waals surface area contributed by atoms with E-state index in [-0.39, 0.29) is 37.3 Å². The molecule has 312 valence electrons. The number of aromatic nitrogens is 1. The second kappa shape index (κ2) is 14.7. The predicted octanol–water partition coefficient (Wildman–Crippen LogP) is 4.79. The maximum absolute atomic E-state index is 14.9. The number of allylic oxidation sites excluding steroid dienone is 1. The average molecular weight is 817 g/mol. The molecular formula is C43H56N6O8S. The van der Waals surface area contributed by atoms with Crippen LogP contribution in [0, 0.1) is 5.92 Å². The van der Waals surface area contributed by atoms with Crippen LogP contribution in [0.3, 0.4) is 0 Å². The zero-order valence-electron chi connectivity index (χ0n) is 33.6. The molecule has 0 unspecified atom stereocenters. The number of amides is 5. The van der Waals surface area contributed by atoms with Gasteiger partial charge in [-0.05, 0) is 102 Å². The number of hydrogen-bond donors (Lipinski definition) is 4. The normalized spacial score (nSPS) is 31.4. The van der Waals surface area contributed by atoms with Gasteiger partial charge >= 0.3 is 6.03 Å². The van der Waals surface area contributed by atoms with Crippen molar-refractivity contribution >= 4 is 44.7 Å². The number of pyridine rings is 1. The Morgan fingerprint density at radius 3 is 2.50 bits per heavy atom. The van der Waals surface area contributed by atoms with Crippen molar-refractivity contribution in [3.8, 4) is 11.5 Å². The number of nitrogens with zero attached hydrogens (tertiary/aromatic N) is 2. The van der Waals surface area contributed by atoms with Gasteiger partial charge in [0.25, 0.3) is 5.91 Å². The molecule has 1 saturated heterocycles. The minimum Gasteiger partial charge on any atom is -0.497 e. The van der Waals surface area contributed by atoms with Crippen molar-refractivity contribution in [2.45, 2.75) is 156 Å². The number of benzene rings is 1. The van der Waals surface area contributed by atoms with Crippen molar-refractivity contribution in [3.05, 3.63) is 41.6 Å². The molecule has 3 aliphatic heterocycles. The molecule has 1 aromatic heterocycles. The summed E-state index contributed by atoms with van der Waals surface area (Å²) in [5.41, 5.74) is 0.356. The molecule has 14 nitrogen and oxygen atoms in total. The Hall–Kier alpha value is -4.40. The predicted molar refractivity (Wildman–Crippen MR) is 216 cm³/mol. The third-order valence-electron chi connectivity index (χ3n) is 14.0. The third-order valence-corrected chi connectivity index (χ3v) is 16.2. The van der Waals surface area contributed by atoms with Crippen molar-refractivity contribution in [2.24, 2.45) is 5.92 Å².